The Labute approximate surface area is 79.6 Å². The van der Waals surface area contributed by atoms with Crippen LogP contribution in [0.2, 0.25) is 5.02 Å². The lowest BCUT2D eigenvalue weighted by Gasteiger charge is -2.10. The molecule has 1 aromatic rings. The summed E-state index contributed by atoms with van der Waals surface area (Å²) >= 11 is 5.44. The highest BCUT2D eigenvalue weighted by Crippen LogP contribution is 2.39. The van der Waals surface area contributed by atoms with Crippen LogP contribution in [-0.4, -0.2) is 10.2 Å². The van der Waals surface area contributed by atoms with E-state index in [1.807, 2.05) is 0 Å². The zero-order valence-electron chi connectivity index (χ0n) is 6.88. The van der Waals surface area contributed by atoms with Crippen LogP contribution in [0, 0.1) is 5.82 Å². The van der Waals surface area contributed by atoms with Crippen molar-refractivity contribution in [3.63, 3.8) is 0 Å². The maximum atomic E-state index is 12.9. The van der Waals surface area contributed by atoms with E-state index in [0.717, 1.165) is 6.07 Å². The minimum absolute atomic E-state index is 0.167. The van der Waals surface area contributed by atoms with Crippen molar-refractivity contribution in [1.29, 1.82) is 0 Å². The van der Waals surface area contributed by atoms with Crippen molar-refractivity contribution in [2.24, 2.45) is 5.73 Å². The van der Waals surface area contributed by atoms with Crippen LogP contribution in [-0.2, 0) is 0 Å². The van der Waals surface area contributed by atoms with Crippen LogP contribution in [0.4, 0.5) is 4.39 Å². The number of benzene rings is 1. The molecule has 13 heavy (non-hydrogen) atoms. The topological polar surface area (TPSA) is 66.5 Å². The number of nitrogens with two attached hydrogens (primary N) is 1. The van der Waals surface area contributed by atoms with Crippen molar-refractivity contribution >= 4 is 11.6 Å². The number of aromatic hydroxyl groups is 2. The Balaban J connectivity index is 3.41. The molecule has 0 aliphatic rings. The first-order valence-electron chi connectivity index (χ1n) is 3.60. The van der Waals surface area contributed by atoms with Gasteiger partial charge < -0.3 is 15.9 Å². The number of phenols is 2. The van der Waals surface area contributed by atoms with E-state index in [0.29, 0.717) is 0 Å². The summed E-state index contributed by atoms with van der Waals surface area (Å²) in [5, 5.41) is 17.9. The molecule has 0 saturated heterocycles. The number of rotatable bonds is 1. The molecule has 0 heterocycles. The predicted octanol–water partition coefficient (Wildman–Crippen LogP) is 1.91. The summed E-state index contributed by atoms with van der Waals surface area (Å²) in [5.74, 6) is -2.03. The molecule has 0 aliphatic heterocycles. The summed E-state index contributed by atoms with van der Waals surface area (Å²) in [4.78, 5) is 0. The van der Waals surface area contributed by atoms with Gasteiger partial charge in [-0.15, -0.1) is 0 Å². The number of halogens is 2. The lowest BCUT2D eigenvalue weighted by molar-refractivity contribution is 0.414. The first-order chi connectivity index (χ1) is 5.95. The molecule has 0 saturated carbocycles. The summed E-state index contributed by atoms with van der Waals surface area (Å²) in [6, 6.07) is 0.411. The fourth-order valence-corrected chi connectivity index (χ4v) is 1.16. The van der Waals surface area contributed by atoms with Crippen LogP contribution in [0.15, 0.2) is 6.07 Å². The SMILES string of the molecule is CC(N)c1cc(F)c(O)c(Cl)c1O. The lowest BCUT2D eigenvalue weighted by atomic mass is 10.1. The van der Waals surface area contributed by atoms with Gasteiger partial charge in [0, 0.05) is 11.6 Å². The first-order valence-corrected chi connectivity index (χ1v) is 3.98. The van der Waals surface area contributed by atoms with Crippen LogP contribution in [0.1, 0.15) is 18.5 Å². The number of hydrogen-bond acceptors (Lipinski definition) is 3. The summed E-state index contributed by atoms with van der Waals surface area (Å²) < 4.78 is 12.9. The van der Waals surface area contributed by atoms with Gasteiger partial charge in [0.25, 0.3) is 0 Å². The van der Waals surface area contributed by atoms with E-state index in [9.17, 15) is 9.50 Å². The van der Waals surface area contributed by atoms with Crippen LogP contribution in [0.5, 0.6) is 11.5 Å². The second kappa shape index (κ2) is 3.40. The first kappa shape index (κ1) is 10.1. The van der Waals surface area contributed by atoms with Crippen LogP contribution >= 0.6 is 11.6 Å². The highest BCUT2D eigenvalue weighted by atomic mass is 35.5. The van der Waals surface area contributed by atoms with Gasteiger partial charge in [0.2, 0.25) is 0 Å². The molecule has 5 heteroatoms. The van der Waals surface area contributed by atoms with E-state index in [1.165, 1.54) is 0 Å². The fraction of sp³-hybridized carbons (Fsp3) is 0.250. The van der Waals surface area contributed by atoms with E-state index in [-0.39, 0.29) is 11.3 Å². The third kappa shape index (κ3) is 1.68. The highest BCUT2D eigenvalue weighted by Gasteiger charge is 2.17. The average molecular weight is 206 g/mol. The smallest absolute Gasteiger partial charge is 0.174 e. The van der Waals surface area contributed by atoms with Crippen molar-refractivity contribution in [2.45, 2.75) is 13.0 Å². The molecule has 72 valence electrons. The minimum Gasteiger partial charge on any atom is -0.506 e. The quantitative estimate of drug-likeness (QED) is 0.656. The number of hydrogen-bond donors (Lipinski definition) is 3. The van der Waals surface area contributed by atoms with Crippen molar-refractivity contribution in [2.75, 3.05) is 0 Å². The van der Waals surface area contributed by atoms with Crippen LogP contribution in [0.3, 0.4) is 0 Å². The molecule has 0 amide bonds. The fourth-order valence-electron chi connectivity index (χ4n) is 0.964. The Morgan fingerprint density at radius 3 is 2.46 bits per heavy atom. The maximum absolute atomic E-state index is 12.9. The summed E-state index contributed by atoms with van der Waals surface area (Å²) in [6.45, 7) is 1.57. The third-order valence-electron chi connectivity index (χ3n) is 1.69. The average Bonchev–Trinajstić information content (AvgIpc) is 2.07. The Morgan fingerprint density at radius 1 is 1.46 bits per heavy atom. The molecule has 1 aromatic carbocycles. The van der Waals surface area contributed by atoms with Crippen LogP contribution in [0.25, 0.3) is 0 Å². The van der Waals surface area contributed by atoms with Gasteiger partial charge in [0.05, 0.1) is 0 Å². The van der Waals surface area contributed by atoms with Gasteiger partial charge in [-0.05, 0) is 13.0 Å². The van der Waals surface area contributed by atoms with E-state index < -0.39 is 22.6 Å². The molecule has 0 radical (unpaired) electrons. The van der Waals surface area contributed by atoms with E-state index >= 15 is 0 Å². The standard InChI is InChI=1S/C8H9ClFNO2/c1-3(11)4-2-5(10)8(13)6(9)7(4)12/h2-3,12-13H,11H2,1H3. The minimum atomic E-state index is -0.893. The van der Waals surface area contributed by atoms with Gasteiger partial charge in [0.15, 0.2) is 11.6 Å². The Bertz CT molecular complexity index is 341. The van der Waals surface area contributed by atoms with Crippen molar-refractivity contribution in [3.05, 3.63) is 22.5 Å². The molecule has 1 unspecified atom stereocenters. The zero-order valence-corrected chi connectivity index (χ0v) is 7.64. The largest absolute Gasteiger partial charge is 0.506 e. The Morgan fingerprint density at radius 2 is 2.00 bits per heavy atom. The van der Waals surface area contributed by atoms with E-state index in [1.54, 1.807) is 6.92 Å². The highest BCUT2D eigenvalue weighted by molar-refractivity contribution is 6.33. The second-order valence-electron chi connectivity index (χ2n) is 2.75. The predicted molar refractivity (Wildman–Crippen MR) is 47.3 cm³/mol. The van der Waals surface area contributed by atoms with Crippen LogP contribution < -0.4 is 5.73 Å². The van der Waals surface area contributed by atoms with Gasteiger partial charge in [-0.1, -0.05) is 11.6 Å². The monoisotopic (exact) mass is 205 g/mol. The molecule has 0 fully saturated rings. The van der Waals surface area contributed by atoms with Gasteiger partial charge >= 0.3 is 0 Å². The molecular weight excluding hydrogens is 197 g/mol. The van der Waals surface area contributed by atoms with Gasteiger partial charge in [-0.2, -0.15) is 0 Å². The molecular formula is C8H9ClFNO2. The van der Waals surface area contributed by atoms with Gasteiger partial charge in [-0.25, -0.2) is 4.39 Å². The van der Waals surface area contributed by atoms with Crippen molar-refractivity contribution in [1.82, 2.24) is 0 Å². The summed E-state index contributed by atoms with van der Waals surface area (Å²) in [7, 11) is 0. The second-order valence-corrected chi connectivity index (χ2v) is 3.13. The summed E-state index contributed by atoms with van der Waals surface area (Å²) in [5.41, 5.74) is 5.60. The summed E-state index contributed by atoms with van der Waals surface area (Å²) in [6.07, 6.45) is 0. The molecule has 0 bridgehead atoms. The Kier molecular flexibility index (Phi) is 2.63. The maximum Gasteiger partial charge on any atom is 0.174 e. The van der Waals surface area contributed by atoms with E-state index in [2.05, 4.69) is 0 Å². The lowest BCUT2D eigenvalue weighted by Crippen LogP contribution is -2.05. The molecule has 0 aromatic heterocycles. The molecule has 4 N–H and O–H groups in total. The van der Waals surface area contributed by atoms with E-state index in [4.69, 9.17) is 22.4 Å². The van der Waals surface area contributed by atoms with Crippen molar-refractivity contribution in [3.8, 4) is 11.5 Å². The van der Waals surface area contributed by atoms with Gasteiger partial charge in [-0.3, -0.25) is 0 Å². The third-order valence-corrected chi connectivity index (χ3v) is 2.05. The molecule has 3 nitrogen and oxygen atoms in total. The number of phenolic OH excluding ortho intramolecular Hbond substituents is 2. The molecule has 1 atom stereocenters. The molecule has 1 rings (SSSR count). The molecule has 0 aliphatic carbocycles. The molecule has 0 spiro atoms. The van der Waals surface area contributed by atoms with Crippen molar-refractivity contribution < 1.29 is 14.6 Å². The zero-order chi connectivity index (χ0) is 10.2. The Hall–Kier alpha value is -1.00. The normalized spacial score (nSPS) is 12.9. The van der Waals surface area contributed by atoms with Gasteiger partial charge in [0.1, 0.15) is 10.8 Å².